The maximum atomic E-state index is 9.41. The SMILES string of the molecule is Cc1ccc(C=C(C#N)c2nc(-c3ccc(Br)cc3)cs2)s1. The first-order chi connectivity index (χ1) is 10.7. The van der Waals surface area contributed by atoms with Crippen molar-refractivity contribution in [3.05, 3.63) is 61.0 Å². The maximum absolute atomic E-state index is 9.41. The lowest BCUT2D eigenvalue weighted by molar-refractivity contribution is 1.37. The Bertz CT molecular complexity index is 867. The van der Waals surface area contributed by atoms with E-state index in [0.29, 0.717) is 5.57 Å². The van der Waals surface area contributed by atoms with Gasteiger partial charge in [0.2, 0.25) is 0 Å². The predicted octanol–water partition coefficient (Wildman–Crippen LogP) is 6.01. The predicted molar refractivity (Wildman–Crippen MR) is 97.8 cm³/mol. The van der Waals surface area contributed by atoms with Crippen molar-refractivity contribution in [2.45, 2.75) is 6.92 Å². The van der Waals surface area contributed by atoms with Crippen molar-refractivity contribution in [2.75, 3.05) is 0 Å². The summed E-state index contributed by atoms with van der Waals surface area (Å²) in [6.45, 7) is 2.06. The molecule has 0 N–H and O–H groups in total. The zero-order valence-electron chi connectivity index (χ0n) is 11.7. The number of nitrogens with zero attached hydrogens (tertiary/aromatic N) is 2. The molecule has 0 fully saturated rings. The minimum absolute atomic E-state index is 0.607. The molecule has 0 saturated carbocycles. The van der Waals surface area contributed by atoms with E-state index in [1.54, 1.807) is 11.3 Å². The number of aromatic nitrogens is 1. The molecule has 108 valence electrons. The van der Waals surface area contributed by atoms with Gasteiger partial charge >= 0.3 is 0 Å². The quantitative estimate of drug-likeness (QED) is 0.517. The van der Waals surface area contributed by atoms with Crippen LogP contribution in [0.2, 0.25) is 0 Å². The van der Waals surface area contributed by atoms with Gasteiger partial charge in [0.1, 0.15) is 11.1 Å². The van der Waals surface area contributed by atoms with Gasteiger partial charge in [0.15, 0.2) is 0 Å². The first kappa shape index (κ1) is 15.2. The molecular weight excluding hydrogens is 376 g/mol. The summed E-state index contributed by atoms with van der Waals surface area (Å²) in [6, 6.07) is 14.4. The number of hydrogen-bond acceptors (Lipinski definition) is 4. The van der Waals surface area contributed by atoms with Crippen LogP contribution in [0.3, 0.4) is 0 Å². The fraction of sp³-hybridized carbons (Fsp3) is 0.0588. The highest BCUT2D eigenvalue weighted by molar-refractivity contribution is 9.10. The van der Waals surface area contributed by atoms with Crippen LogP contribution in [0.5, 0.6) is 0 Å². The minimum atomic E-state index is 0.607. The standard InChI is InChI=1S/C17H11BrN2S2/c1-11-2-7-15(22-11)8-13(9-19)17-20-16(10-21-17)12-3-5-14(18)6-4-12/h2-8,10H,1H3. The zero-order chi connectivity index (χ0) is 15.5. The number of thiazole rings is 1. The van der Waals surface area contributed by atoms with E-state index < -0.39 is 0 Å². The number of rotatable bonds is 3. The smallest absolute Gasteiger partial charge is 0.134 e. The third-order valence-corrected chi connectivity index (χ3v) is 5.39. The number of nitriles is 1. The Morgan fingerprint density at radius 3 is 2.64 bits per heavy atom. The normalized spacial score (nSPS) is 11.4. The molecule has 0 aliphatic carbocycles. The Morgan fingerprint density at radius 2 is 2.00 bits per heavy atom. The van der Waals surface area contributed by atoms with Crippen molar-refractivity contribution < 1.29 is 0 Å². The van der Waals surface area contributed by atoms with Crippen LogP contribution < -0.4 is 0 Å². The molecule has 0 radical (unpaired) electrons. The Labute approximate surface area is 145 Å². The van der Waals surface area contributed by atoms with Crippen molar-refractivity contribution in [2.24, 2.45) is 0 Å². The number of aryl methyl sites for hydroxylation is 1. The molecule has 0 atom stereocenters. The average molecular weight is 387 g/mol. The molecule has 1 aromatic carbocycles. The van der Waals surface area contributed by atoms with Crippen LogP contribution >= 0.6 is 38.6 Å². The van der Waals surface area contributed by atoms with E-state index >= 15 is 0 Å². The molecular formula is C17H11BrN2S2. The van der Waals surface area contributed by atoms with Crippen molar-refractivity contribution in [3.63, 3.8) is 0 Å². The molecule has 3 rings (SSSR count). The van der Waals surface area contributed by atoms with Crippen molar-refractivity contribution in [3.8, 4) is 17.3 Å². The van der Waals surface area contributed by atoms with E-state index in [4.69, 9.17) is 0 Å². The third kappa shape index (κ3) is 3.36. The van der Waals surface area contributed by atoms with Crippen LogP contribution in [-0.2, 0) is 0 Å². The van der Waals surface area contributed by atoms with E-state index in [1.807, 2.05) is 41.8 Å². The van der Waals surface area contributed by atoms with Gasteiger partial charge in [-0.2, -0.15) is 5.26 Å². The van der Waals surface area contributed by atoms with E-state index in [1.165, 1.54) is 16.2 Å². The summed E-state index contributed by atoms with van der Waals surface area (Å²) >= 11 is 6.60. The molecule has 0 aliphatic rings. The minimum Gasteiger partial charge on any atom is -0.235 e. The van der Waals surface area contributed by atoms with Crippen LogP contribution in [0.4, 0.5) is 0 Å². The largest absolute Gasteiger partial charge is 0.235 e. The van der Waals surface area contributed by atoms with Gasteiger partial charge in [-0.05, 0) is 37.3 Å². The Hall–Kier alpha value is -1.74. The van der Waals surface area contributed by atoms with E-state index in [2.05, 4.69) is 40.0 Å². The van der Waals surface area contributed by atoms with Crippen molar-refractivity contribution in [1.29, 1.82) is 5.26 Å². The molecule has 0 unspecified atom stereocenters. The molecule has 0 aliphatic heterocycles. The first-order valence-corrected chi connectivity index (χ1v) is 9.05. The summed E-state index contributed by atoms with van der Waals surface area (Å²) in [5.41, 5.74) is 2.56. The first-order valence-electron chi connectivity index (χ1n) is 6.56. The lowest BCUT2D eigenvalue weighted by Gasteiger charge is -1.96. The lowest BCUT2D eigenvalue weighted by Crippen LogP contribution is -1.82. The molecule has 2 nitrogen and oxygen atoms in total. The van der Waals surface area contributed by atoms with Gasteiger partial charge in [0.25, 0.3) is 0 Å². The van der Waals surface area contributed by atoms with Crippen LogP contribution in [0.25, 0.3) is 22.9 Å². The molecule has 0 saturated heterocycles. The molecule has 2 aromatic heterocycles. The lowest BCUT2D eigenvalue weighted by atomic mass is 10.2. The Morgan fingerprint density at radius 1 is 1.23 bits per heavy atom. The van der Waals surface area contributed by atoms with E-state index in [-0.39, 0.29) is 0 Å². The second-order valence-corrected chi connectivity index (χ2v) is 7.76. The summed E-state index contributed by atoms with van der Waals surface area (Å²) in [4.78, 5) is 6.91. The van der Waals surface area contributed by atoms with Gasteiger partial charge in [-0.25, -0.2) is 4.98 Å². The van der Waals surface area contributed by atoms with Gasteiger partial charge in [0.05, 0.1) is 11.3 Å². The highest BCUT2D eigenvalue weighted by atomic mass is 79.9. The summed E-state index contributed by atoms with van der Waals surface area (Å²) in [7, 11) is 0. The van der Waals surface area contributed by atoms with E-state index in [9.17, 15) is 5.26 Å². The van der Waals surface area contributed by atoms with Gasteiger partial charge < -0.3 is 0 Å². The molecule has 5 heteroatoms. The fourth-order valence-corrected chi connectivity index (χ4v) is 3.85. The number of allylic oxidation sites excluding steroid dienone is 1. The van der Waals surface area contributed by atoms with Gasteiger partial charge in [0, 0.05) is 25.2 Å². The van der Waals surface area contributed by atoms with Crippen LogP contribution in [0.15, 0.2) is 46.3 Å². The van der Waals surface area contributed by atoms with Crippen molar-refractivity contribution in [1.82, 2.24) is 4.98 Å². The van der Waals surface area contributed by atoms with Gasteiger partial charge in [-0.3, -0.25) is 0 Å². The molecule has 0 spiro atoms. The van der Waals surface area contributed by atoms with Crippen LogP contribution in [0, 0.1) is 18.3 Å². The second kappa shape index (κ2) is 6.57. The monoisotopic (exact) mass is 386 g/mol. The second-order valence-electron chi connectivity index (χ2n) is 4.66. The highest BCUT2D eigenvalue weighted by Gasteiger charge is 2.09. The van der Waals surface area contributed by atoms with Gasteiger partial charge in [-0.15, -0.1) is 22.7 Å². The Kier molecular flexibility index (Phi) is 4.53. The number of benzene rings is 1. The van der Waals surface area contributed by atoms with Gasteiger partial charge in [-0.1, -0.05) is 28.1 Å². The number of thiophene rings is 1. The van der Waals surface area contributed by atoms with Crippen LogP contribution in [-0.4, -0.2) is 4.98 Å². The molecule has 0 bridgehead atoms. The third-order valence-electron chi connectivity index (χ3n) is 3.04. The summed E-state index contributed by atoms with van der Waals surface area (Å²) in [5, 5.41) is 12.2. The van der Waals surface area contributed by atoms with Crippen molar-refractivity contribution >= 4 is 50.3 Å². The molecule has 2 heterocycles. The average Bonchev–Trinajstić information content (AvgIpc) is 3.15. The summed E-state index contributed by atoms with van der Waals surface area (Å²) in [6.07, 6.45) is 1.90. The summed E-state index contributed by atoms with van der Waals surface area (Å²) in [5.74, 6) is 0. The van der Waals surface area contributed by atoms with Crippen LogP contribution in [0.1, 0.15) is 14.8 Å². The summed E-state index contributed by atoms with van der Waals surface area (Å²) < 4.78 is 1.04. The number of halogens is 1. The molecule has 3 aromatic rings. The topological polar surface area (TPSA) is 36.7 Å². The highest BCUT2D eigenvalue weighted by Crippen LogP contribution is 2.29. The Balaban J connectivity index is 1.93. The maximum Gasteiger partial charge on any atom is 0.134 e. The molecule has 22 heavy (non-hydrogen) atoms. The fourth-order valence-electron chi connectivity index (χ4n) is 1.97. The number of hydrogen-bond donors (Lipinski definition) is 0. The molecule has 0 amide bonds. The van der Waals surface area contributed by atoms with E-state index in [0.717, 1.165) is 25.6 Å². The zero-order valence-corrected chi connectivity index (χ0v) is 14.9.